The summed E-state index contributed by atoms with van der Waals surface area (Å²) in [5, 5.41) is 10.7. The van der Waals surface area contributed by atoms with Crippen LogP contribution in [0.5, 0.6) is 0 Å². The summed E-state index contributed by atoms with van der Waals surface area (Å²) < 4.78 is 4.95. The number of likely N-dealkylation sites (tertiary alicyclic amines) is 1. The van der Waals surface area contributed by atoms with Crippen molar-refractivity contribution in [3.8, 4) is 0 Å². The summed E-state index contributed by atoms with van der Waals surface area (Å²) in [6, 6.07) is -1.21. The number of amides is 2. The lowest BCUT2D eigenvalue weighted by Gasteiger charge is -2.27. The van der Waals surface area contributed by atoms with Crippen molar-refractivity contribution in [2.75, 3.05) is 0 Å². The molecule has 0 N–H and O–H groups in total. The van der Waals surface area contributed by atoms with E-state index in [1.165, 1.54) is 0 Å². The highest BCUT2D eigenvalue weighted by Crippen LogP contribution is 2.21. The topological polar surface area (TPSA) is 86.7 Å². The van der Waals surface area contributed by atoms with Crippen molar-refractivity contribution in [2.24, 2.45) is 0 Å². The Morgan fingerprint density at radius 1 is 1.44 bits per heavy atom. The molecule has 1 atom stereocenters. The first-order chi connectivity index (χ1) is 7.22. The fourth-order valence-electron chi connectivity index (χ4n) is 1.45. The Bertz CT molecular complexity index is 331. The van der Waals surface area contributed by atoms with Gasteiger partial charge in [-0.2, -0.15) is 0 Å². The third-order valence-electron chi connectivity index (χ3n) is 2.07. The Kier molecular flexibility index (Phi) is 3.21. The zero-order valence-corrected chi connectivity index (χ0v) is 9.48. The third-order valence-corrected chi connectivity index (χ3v) is 2.07. The van der Waals surface area contributed by atoms with E-state index >= 15 is 0 Å². The minimum absolute atomic E-state index is 0.0257. The fraction of sp³-hybridized carbons (Fsp3) is 0.700. The molecule has 1 fully saturated rings. The standard InChI is InChI=1S/C10H15NO5/c1-10(2,3)16-9(15)11-6(8(13)14)4-5-7(11)12/h6H,4-5H2,1-3H3,(H,13,14)/p-1/t6-/m1/s1. The number of hydrogen-bond donors (Lipinski definition) is 0. The number of rotatable bonds is 1. The van der Waals surface area contributed by atoms with E-state index in [1.54, 1.807) is 20.8 Å². The molecule has 0 aromatic heterocycles. The molecule has 2 amide bonds. The van der Waals surface area contributed by atoms with Gasteiger partial charge in [0.2, 0.25) is 5.91 Å². The van der Waals surface area contributed by atoms with Crippen LogP contribution in [-0.2, 0) is 14.3 Å². The summed E-state index contributed by atoms with van der Waals surface area (Å²) in [5.41, 5.74) is -0.767. The summed E-state index contributed by atoms with van der Waals surface area (Å²) in [4.78, 5) is 34.3. The van der Waals surface area contributed by atoms with Crippen LogP contribution in [0.2, 0.25) is 0 Å². The van der Waals surface area contributed by atoms with E-state index in [4.69, 9.17) is 4.74 Å². The van der Waals surface area contributed by atoms with Crippen molar-refractivity contribution in [3.05, 3.63) is 0 Å². The second-order valence-corrected chi connectivity index (χ2v) is 4.62. The van der Waals surface area contributed by atoms with Gasteiger partial charge in [0.25, 0.3) is 0 Å². The molecular weight excluding hydrogens is 214 g/mol. The first-order valence-electron chi connectivity index (χ1n) is 4.98. The van der Waals surface area contributed by atoms with E-state index in [9.17, 15) is 19.5 Å². The van der Waals surface area contributed by atoms with Crippen molar-refractivity contribution in [2.45, 2.75) is 45.3 Å². The van der Waals surface area contributed by atoms with E-state index in [0.29, 0.717) is 4.90 Å². The largest absolute Gasteiger partial charge is 0.548 e. The van der Waals surface area contributed by atoms with E-state index in [0.717, 1.165) is 0 Å². The van der Waals surface area contributed by atoms with Gasteiger partial charge in [0.1, 0.15) is 5.60 Å². The molecule has 0 spiro atoms. The number of nitrogens with zero attached hydrogens (tertiary/aromatic N) is 1. The molecule has 1 aliphatic heterocycles. The summed E-state index contributed by atoms with van der Waals surface area (Å²) in [6.07, 6.45) is -0.817. The van der Waals surface area contributed by atoms with Crippen molar-refractivity contribution in [1.82, 2.24) is 4.90 Å². The molecule has 16 heavy (non-hydrogen) atoms. The van der Waals surface area contributed by atoms with Crippen LogP contribution < -0.4 is 5.11 Å². The second-order valence-electron chi connectivity index (χ2n) is 4.62. The number of imide groups is 1. The lowest BCUT2D eigenvalue weighted by atomic mass is 10.2. The van der Waals surface area contributed by atoms with Crippen molar-refractivity contribution in [3.63, 3.8) is 0 Å². The predicted molar refractivity (Wildman–Crippen MR) is 51.1 cm³/mol. The average molecular weight is 228 g/mol. The fourth-order valence-corrected chi connectivity index (χ4v) is 1.45. The second kappa shape index (κ2) is 4.11. The summed E-state index contributed by atoms with van der Waals surface area (Å²) in [6.45, 7) is 4.92. The van der Waals surface area contributed by atoms with Gasteiger partial charge in [-0.1, -0.05) is 0 Å². The zero-order valence-electron chi connectivity index (χ0n) is 9.48. The van der Waals surface area contributed by atoms with Gasteiger partial charge in [0.15, 0.2) is 0 Å². The zero-order chi connectivity index (χ0) is 12.5. The number of carboxylic acids is 1. The molecule has 0 aromatic carbocycles. The third kappa shape index (κ3) is 2.71. The lowest BCUT2D eigenvalue weighted by molar-refractivity contribution is -0.310. The van der Waals surface area contributed by atoms with Crippen LogP contribution in [0.15, 0.2) is 0 Å². The van der Waals surface area contributed by atoms with Crippen molar-refractivity contribution >= 4 is 18.0 Å². The SMILES string of the molecule is CC(C)(C)OC(=O)N1C(=O)CC[C@@H]1C(=O)[O-]. The quantitative estimate of drug-likeness (QED) is 0.613. The van der Waals surface area contributed by atoms with Gasteiger partial charge < -0.3 is 14.6 Å². The van der Waals surface area contributed by atoms with Gasteiger partial charge in [0, 0.05) is 6.42 Å². The Morgan fingerprint density at radius 2 is 2.00 bits per heavy atom. The van der Waals surface area contributed by atoms with Crippen LogP contribution in [-0.4, -0.2) is 34.5 Å². The van der Waals surface area contributed by atoms with Crippen LogP contribution in [0, 0.1) is 0 Å². The molecule has 6 heteroatoms. The molecule has 90 valence electrons. The smallest absolute Gasteiger partial charge is 0.417 e. The van der Waals surface area contributed by atoms with Gasteiger partial charge >= 0.3 is 6.09 Å². The van der Waals surface area contributed by atoms with Gasteiger partial charge in [-0.05, 0) is 27.2 Å². The lowest BCUT2D eigenvalue weighted by Crippen LogP contribution is -2.50. The maximum absolute atomic E-state index is 11.6. The Hall–Kier alpha value is -1.59. The first-order valence-corrected chi connectivity index (χ1v) is 4.98. The van der Waals surface area contributed by atoms with Crippen LogP contribution in [0.3, 0.4) is 0 Å². The Balaban J connectivity index is 2.80. The Labute approximate surface area is 93.2 Å². The molecule has 6 nitrogen and oxygen atoms in total. The maximum atomic E-state index is 11.6. The molecular formula is C10H14NO5-. The number of hydrogen-bond acceptors (Lipinski definition) is 5. The van der Waals surface area contributed by atoms with Gasteiger partial charge in [-0.15, -0.1) is 0 Å². The van der Waals surface area contributed by atoms with E-state index < -0.39 is 29.6 Å². The number of carboxylic acid groups (broad SMARTS) is 1. The predicted octanol–water partition coefficient (Wildman–Crippen LogP) is -0.338. The minimum Gasteiger partial charge on any atom is -0.548 e. The van der Waals surface area contributed by atoms with Crippen LogP contribution in [0.4, 0.5) is 4.79 Å². The highest BCUT2D eigenvalue weighted by Gasteiger charge is 2.39. The minimum atomic E-state index is -1.43. The molecule has 1 rings (SSSR count). The molecule has 0 unspecified atom stereocenters. The number of ether oxygens (including phenoxy) is 1. The van der Waals surface area contributed by atoms with Crippen LogP contribution >= 0.6 is 0 Å². The summed E-state index contributed by atoms with van der Waals surface area (Å²) in [7, 11) is 0. The van der Waals surface area contributed by atoms with Crippen molar-refractivity contribution < 1.29 is 24.2 Å². The molecule has 0 aromatic rings. The molecule has 0 saturated carbocycles. The Morgan fingerprint density at radius 3 is 2.44 bits per heavy atom. The normalized spacial score (nSPS) is 21.1. The molecule has 0 aliphatic carbocycles. The van der Waals surface area contributed by atoms with E-state index in [-0.39, 0.29) is 12.8 Å². The number of carbonyl (C=O) groups is 3. The molecule has 0 radical (unpaired) electrons. The molecule has 1 aliphatic rings. The average Bonchev–Trinajstić information content (AvgIpc) is 2.43. The summed E-state index contributed by atoms with van der Waals surface area (Å²) in [5.74, 6) is -1.97. The summed E-state index contributed by atoms with van der Waals surface area (Å²) >= 11 is 0. The molecule has 1 heterocycles. The van der Waals surface area contributed by atoms with Gasteiger partial charge in [-0.25, -0.2) is 9.69 Å². The number of aliphatic carboxylic acids is 1. The van der Waals surface area contributed by atoms with Crippen LogP contribution in [0.1, 0.15) is 33.6 Å². The molecule has 0 bridgehead atoms. The number of carbonyl (C=O) groups excluding carboxylic acids is 3. The highest BCUT2D eigenvalue weighted by atomic mass is 16.6. The van der Waals surface area contributed by atoms with Gasteiger partial charge in [-0.3, -0.25) is 4.79 Å². The van der Waals surface area contributed by atoms with Gasteiger partial charge in [0.05, 0.1) is 12.0 Å². The van der Waals surface area contributed by atoms with Crippen molar-refractivity contribution in [1.29, 1.82) is 0 Å². The molecule has 1 saturated heterocycles. The maximum Gasteiger partial charge on any atom is 0.417 e. The first kappa shape index (κ1) is 12.5. The van der Waals surface area contributed by atoms with Crippen LogP contribution in [0.25, 0.3) is 0 Å². The van der Waals surface area contributed by atoms with E-state index in [2.05, 4.69) is 0 Å². The van der Waals surface area contributed by atoms with E-state index in [1.807, 2.05) is 0 Å². The monoisotopic (exact) mass is 228 g/mol. The highest BCUT2D eigenvalue weighted by molar-refractivity contribution is 5.98.